The highest BCUT2D eigenvalue weighted by Gasteiger charge is 2.26. The Morgan fingerprint density at radius 3 is 2.17 bits per heavy atom. The topological polar surface area (TPSA) is 60.9 Å². The van der Waals surface area contributed by atoms with E-state index in [1.54, 1.807) is 6.20 Å². The molecule has 2 heterocycles. The van der Waals surface area contributed by atoms with Gasteiger partial charge in [-0.25, -0.2) is 5.01 Å². The van der Waals surface area contributed by atoms with Crippen LogP contribution in [-0.4, -0.2) is 65.4 Å². The van der Waals surface area contributed by atoms with Gasteiger partial charge in [-0.1, -0.05) is 66.7 Å². The van der Waals surface area contributed by atoms with E-state index in [9.17, 15) is 5.11 Å². The van der Waals surface area contributed by atoms with Gasteiger partial charge < -0.3 is 9.84 Å². The standard InChI is InChI=1S/C29H32N4O2/c34-25(22-35-28-15-7-14-27-26(28)13-8-16-30-27)21-31-33-19-17-32(18-20-33)29(23-9-3-1-4-10-23)24-11-5-2-6-12-24/h1-16,25,29,31,34H,17-22H2/t25-/m0/s1. The largest absolute Gasteiger partial charge is 0.490 e. The first kappa shape index (κ1) is 23.5. The van der Waals surface area contributed by atoms with E-state index >= 15 is 0 Å². The second kappa shape index (κ2) is 11.4. The molecular weight excluding hydrogens is 436 g/mol. The maximum Gasteiger partial charge on any atom is 0.128 e. The van der Waals surface area contributed by atoms with E-state index in [-0.39, 0.29) is 12.6 Å². The molecule has 35 heavy (non-hydrogen) atoms. The Balaban J connectivity index is 1.13. The van der Waals surface area contributed by atoms with E-state index in [0.29, 0.717) is 6.54 Å². The third kappa shape index (κ3) is 5.86. The second-order valence-corrected chi connectivity index (χ2v) is 8.90. The van der Waals surface area contributed by atoms with Gasteiger partial charge in [-0.15, -0.1) is 0 Å². The molecule has 5 rings (SSSR count). The first-order valence-corrected chi connectivity index (χ1v) is 12.2. The SMILES string of the molecule is O[C@@H](CNN1CCN(C(c2ccccc2)c2ccccc2)CC1)COc1cccc2ncccc12. The van der Waals surface area contributed by atoms with Crippen molar-refractivity contribution in [3.8, 4) is 5.75 Å². The molecule has 3 aromatic carbocycles. The highest BCUT2D eigenvalue weighted by atomic mass is 16.5. The summed E-state index contributed by atoms with van der Waals surface area (Å²) in [6.45, 7) is 4.33. The summed E-state index contributed by atoms with van der Waals surface area (Å²) in [5.74, 6) is 0.746. The lowest BCUT2D eigenvalue weighted by atomic mass is 9.96. The Morgan fingerprint density at radius 1 is 0.800 bits per heavy atom. The van der Waals surface area contributed by atoms with Crippen molar-refractivity contribution in [3.05, 3.63) is 108 Å². The number of nitrogens with zero attached hydrogens (tertiary/aromatic N) is 3. The van der Waals surface area contributed by atoms with Crippen molar-refractivity contribution in [3.63, 3.8) is 0 Å². The first-order valence-electron chi connectivity index (χ1n) is 12.2. The van der Waals surface area contributed by atoms with Crippen LogP contribution in [0.5, 0.6) is 5.75 Å². The van der Waals surface area contributed by atoms with E-state index in [1.165, 1.54) is 11.1 Å². The zero-order valence-electron chi connectivity index (χ0n) is 19.8. The molecule has 180 valence electrons. The molecular formula is C29H32N4O2. The molecule has 1 aliphatic rings. The highest BCUT2D eigenvalue weighted by molar-refractivity contribution is 5.84. The fourth-order valence-corrected chi connectivity index (χ4v) is 4.70. The molecule has 1 aromatic heterocycles. The number of benzene rings is 3. The number of pyridine rings is 1. The van der Waals surface area contributed by atoms with Crippen LogP contribution in [0.4, 0.5) is 0 Å². The number of aromatic nitrogens is 1. The Morgan fingerprint density at radius 2 is 1.49 bits per heavy atom. The first-order chi connectivity index (χ1) is 17.3. The van der Waals surface area contributed by atoms with Gasteiger partial charge in [0.1, 0.15) is 18.5 Å². The van der Waals surface area contributed by atoms with Crippen molar-refractivity contribution in [2.24, 2.45) is 0 Å². The second-order valence-electron chi connectivity index (χ2n) is 8.90. The predicted molar refractivity (Wildman–Crippen MR) is 139 cm³/mol. The third-order valence-corrected chi connectivity index (χ3v) is 6.50. The molecule has 1 saturated heterocycles. The van der Waals surface area contributed by atoms with Crippen LogP contribution in [0.3, 0.4) is 0 Å². The number of fused-ring (bicyclic) bond motifs is 1. The summed E-state index contributed by atoms with van der Waals surface area (Å²) < 4.78 is 5.91. The molecule has 0 radical (unpaired) electrons. The number of nitrogens with one attached hydrogen (secondary N) is 1. The van der Waals surface area contributed by atoms with Crippen LogP contribution < -0.4 is 10.2 Å². The number of hydrazine groups is 1. The van der Waals surface area contributed by atoms with Crippen LogP contribution in [0.2, 0.25) is 0 Å². The Bertz CT molecular complexity index is 1150. The Labute approximate surface area is 206 Å². The molecule has 0 bridgehead atoms. The summed E-state index contributed by atoms with van der Waals surface area (Å²) in [6, 6.07) is 31.4. The lowest BCUT2D eigenvalue weighted by Crippen LogP contribution is -2.54. The zero-order chi connectivity index (χ0) is 23.9. The summed E-state index contributed by atoms with van der Waals surface area (Å²) in [5, 5.41) is 13.7. The van der Waals surface area contributed by atoms with Crippen molar-refractivity contribution in [2.45, 2.75) is 12.1 Å². The van der Waals surface area contributed by atoms with Crippen molar-refractivity contribution in [1.29, 1.82) is 0 Å². The van der Waals surface area contributed by atoms with Gasteiger partial charge >= 0.3 is 0 Å². The maximum absolute atomic E-state index is 10.5. The van der Waals surface area contributed by atoms with Gasteiger partial charge in [-0.05, 0) is 35.4 Å². The molecule has 1 atom stereocenters. The van der Waals surface area contributed by atoms with Crippen LogP contribution in [0.25, 0.3) is 10.9 Å². The van der Waals surface area contributed by atoms with E-state index < -0.39 is 6.10 Å². The number of ether oxygens (including phenoxy) is 1. The van der Waals surface area contributed by atoms with E-state index in [0.717, 1.165) is 42.8 Å². The molecule has 1 aliphatic heterocycles. The molecule has 0 amide bonds. The Kier molecular flexibility index (Phi) is 7.66. The minimum Gasteiger partial charge on any atom is -0.490 e. The molecule has 6 nitrogen and oxygen atoms in total. The van der Waals surface area contributed by atoms with Crippen LogP contribution in [0.1, 0.15) is 17.2 Å². The van der Waals surface area contributed by atoms with Crippen LogP contribution in [-0.2, 0) is 0 Å². The summed E-state index contributed by atoms with van der Waals surface area (Å²) >= 11 is 0. The number of hydrogen-bond donors (Lipinski definition) is 2. The fraction of sp³-hybridized carbons (Fsp3) is 0.276. The fourth-order valence-electron chi connectivity index (χ4n) is 4.70. The highest BCUT2D eigenvalue weighted by Crippen LogP contribution is 2.29. The molecule has 0 unspecified atom stereocenters. The van der Waals surface area contributed by atoms with Crippen LogP contribution >= 0.6 is 0 Å². The summed E-state index contributed by atoms with van der Waals surface area (Å²) in [7, 11) is 0. The average Bonchev–Trinajstić information content (AvgIpc) is 2.93. The van der Waals surface area contributed by atoms with Crippen molar-refractivity contribution < 1.29 is 9.84 Å². The normalized spacial score (nSPS) is 15.9. The summed E-state index contributed by atoms with van der Waals surface area (Å²) in [4.78, 5) is 6.90. The van der Waals surface area contributed by atoms with Gasteiger partial charge in [0.25, 0.3) is 0 Å². The minimum atomic E-state index is -0.610. The van der Waals surface area contributed by atoms with Gasteiger partial charge in [0, 0.05) is 44.3 Å². The lowest BCUT2D eigenvalue weighted by Gasteiger charge is -2.40. The van der Waals surface area contributed by atoms with Gasteiger partial charge in [-0.3, -0.25) is 15.3 Å². The Hall–Kier alpha value is -3.29. The quantitative estimate of drug-likeness (QED) is 0.389. The van der Waals surface area contributed by atoms with Crippen molar-refractivity contribution in [1.82, 2.24) is 20.3 Å². The molecule has 0 aliphatic carbocycles. The molecule has 0 saturated carbocycles. The van der Waals surface area contributed by atoms with Gasteiger partial charge in [0.05, 0.1) is 11.6 Å². The average molecular weight is 469 g/mol. The van der Waals surface area contributed by atoms with Crippen LogP contribution in [0.15, 0.2) is 97.2 Å². The predicted octanol–water partition coefficient (Wildman–Crippen LogP) is 3.89. The minimum absolute atomic E-state index is 0.227. The maximum atomic E-state index is 10.5. The smallest absolute Gasteiger partial charge is 0.128 e. The van der Waals surface area contributed by atoms with Crippen molar-refractivity contribution >= 4 is 10.9 Å². The molecule has 6 heteroatoms. The monoisotopic (exact) mass is 468 g/mol. The van der Waals surface area contributed by atoms with Gasteiger partial charge in [0.15, 0.2) is 0 Å². The van der Waals surface area contributed by atoms with E-state index in [1.807, 2.05) is 30.3 Å². The number of piperazine rings is 1. The summed E-state index contributed by atoms with van der Waals surface area (Å²) in [5.41, 5.74) is 6.92. The van der Waals surface area contributed by atoms with E-state index in [4.69, 9.17) is 4.74 Å². The third-order valence-electron chi connectivity index (χ3n) is 6.50. The summed E-state index contributed by atoms with van der Waals surface area (Å²) in [6.07, 6.45) is 1.16. The van der Waals surface area contributed by atoms with E-state index in [2.05, 4.69) is 81.0 Å². The van der Waals surface area contributed by atoms with Gasteiger partial charge in [-0.2, -0.15) is 0 Å². The van der Waals surface area contributed by atoms with Crippen LogP contribution in [0, 0.1) is 0 Å². The number of rotatable bonds is 9. The molecule has 1 fully saturated rings. The molecule has 0 spiro atoms. The van der Waals surface area contributed by atoms with Gasteiger partial charge in [0.2, 0.25) is 0 Å². The lowest BCUT2D eigenvalue weighted by molar-refractivity contribution is 0.0418. The number of aliphatic hydroxyl groups is 1. The van der Waals surface area contributed by atoms with Crippen molar-refractivity contribution in [2.75, 3.05) is 39.3 Å². The number of hydrogen-bond acceptors (Lipinski definition) is 6. The zero-order valence-corrected chi connectivity index (χ0v) is 19.8. The number of aliphatic hydroxyl groups excluding tert-OH is 1. The molecule has 4 aromatic rings. The molecule has 2 N–H and O–H groups in total.